The summed E-state index contributed by atoms with van der Waals surface area (Å²) in [6, 6.07) is 5.63. The Labute approximate surface area is 92.1 Å². The molecule has 6 nitrogen and oxygen atoms in total. The molecular weight excluding hydrogens is 226 g/mol. The van der Waals surface area contributed by atoms with Crippen molar-refractivity contribution in [2.45, 2.75) is 0 Å². The van der Waals surface area contributed by atoms with Gasteiger partial charge in [0.15, 0.2) is 0 Å². The van der Waals surface area contributed by atoms with E-state index >= 15 is 0 Å². The van der Waals surface area contributed by atoms with E-state index in [1.165, 1.54) is 24.3 Å². The molecule has 2 aromatic heterocycles. The zero-order valence-corrected chi connectivity index (χ0v) is 8.35. The third-order valence-corrected chi connectivity index (χ3v) is 2.38. The lowest BCUT2D eigenvalue weighted by atomic mass is 10.2. The SMILES string of the molecule is O=c1ccc2cc3c(=O)[nH]c(=O)oc3cc2o1. The van der Waals surface area contributed by atoms with Gasteiger partial charge in [-0.3, -0.25) is 9.78 Å². The molecule has 1 aromatic carbocycles. The molecular formula is C11H5NO5. The Balaban J connectivity index is 2.61. The number of H-pyrrole nitrogens is 1. The molecule has 0 fully saturated rings. The normalized spacial score (nSPS) is 11.1. The topological polar surface area (TPSA) is 93.3 Å². The van der Waals surface area contributed by atoms with Crippen molar-refractivity contribution in [1.82, 2.24) is 4.98 Å². The summed E-state index contributed by atoms with van der Waals surface area (Å²) in [5.74, 6) is -0.847. The highest BCUT2D eigenvalue weighted by Crippen LogP contribution is 2.17. The summed E-state index contributed by atoms with van der Waals surface area (Å²) in [6.07, 6.45) is 0. The summed E-state index contributed by atoms with van der Waals surface area (Å²) in [5, 5.41) is 0.808. The Bertz CT molecular complexity index is 899. The Kier molecular flexibility index (Phi) is 1.79. The van der Waals surface area contributed by atoms with Crippen LogP contribution in [0.4, 0.5) is 0 Å². The van der Waals surface area contributed by atoms with Gasteiger partial charge in [-0.15, -0.1) is 0 Å². The molecule has 0 aliphatic carbocycles. The van der Waals surface area contributed by atoms with Gasteiger partial charge in [0.1, 0.15) is 11.2 Å². The van der Waals surface area contributed by atoms with E-state index in [1.807, 2.05) is 4.98 Å². The lowest BCUT2D eigenvalue weighted by Gasteiger charge is -1.98. The van der Waals surface area contributed by atoms with Crippen LogP contribution in [-0.2, 0) is 0 Å². The zero-order chi connectivity index (χ0) is 12.0. The number of hydrogen-bond donors (Lipinski definition) is 1. The Morgan fingerprint density at radius 2 is 1.76 bits per heavy atom. The average molecular weight is 231 g/mol. The van der Waals surface area contributed by atoms with E-state index in [1.54, 1.807) is 0 Å². The van der Waals surface area contributed by atoms with E-state index in [0.29, 0.717) is 5.39 Å². The van der Waals surface area contributed by atoms with Gasteiger partial charge in [-0.2, -0.15) is 0 Å². The van der Waals surface area contributed by atoms with Gasteiger partial charge in [-0.1, -0.05) is 0 Å². The number of aromatic amines is 1. The fourth-order valence-corrected chi connectivity index (χ4v) is 1.64. The van der Waals surface area contributed by atoms with Crippen LogP contribution in [0.1, 0.15) is 0 Å². The van der Waals surface area contributed by atoms with E-state index in [9.17, 15) is 14.4 Å². The van der Waals surface area contributed by atoms with Crippen molar-refractivity contribution in [3.8, 4) is 0 Å². The van der Waals surface area contributed by atoms with Crippen LogP contribution >= 0.6 is 0 Å². The first-order valence-electron chi connectivity index (χ1n) is 4.74. The fourth-order valence-electron chi connectivity index (χ4n) is 1.64. The van der Waals surface area contributed by atoms with Crippen LogP contribution in [0.15, 0.2) is 47.5 Å². The number of benzene rings is 1. The molecule has 0 aliphatic heterocycles. The second kappa shape index (κ2) is 3.18. The summed E-state index contributed by atoms with van der Waals surface area (Å²) in [5.41, 5.74) is -0.701. The van der Waals surface area contributed by atoms with Crippen molar-refractivity contribution < 1.29 is 8.83 Å². The fraction of sp³-hybridized carbons (Fsp3) is 0. The molecule has 0 spiro atoms. The standard InChI is InChI=1S/C11H5NO5/c13-9-2-1-5-3-6-8(4-7(5)16-9)17-11(15)12-10(6)14/h1-4H,(H,12,14,15). The third-order valence-electron chi connectivity index (χ3n) is 2.38. The van der Waals surface area contributed by atoms with Crippen molar-refractivity contribution >= 4 is 21.9 Å². The smallest absolute Gasteiger partial charge is 0.419 e. The summed E-state index contributed by atoms with van der Waals surface area (Å²) in [4.78, 5) is 35.5. The molecule has 0 aliphatic rings. The highest BCUT2D eigenvalue weighted by Gasteiger charge is 2.06. The number of aromatic nitrogens is 1. The van der Waals surface area contributed by atoms with Crippen LogP contribution in [0, 0.1) is 0 Å². The first kappa shape index (κ1) is 9.59. The predicted molar refractivity (Wildman–Crippen MR) is 59.1 cm³/mol. The maximum absolute atomic E-state index is 11.5. The van der Waals surface area contributed by atoms with Crippen LogP contribution in [0.3, 0.4) is 0 Å². The minimum atomic E-state index is -0.847. The molecule has 0 saturated carbocycles. The van der Waals surface area contributed by atoms with E-state index in [-0.39, 0.29) is 16.6 Å². The summed E-state index contributed by atoms with van der Waals surface area (Å²) >= 11 is 0. The predicted octanol–water partition coefficient (Wildman–Crippen LogP) is 0.588. The minimum absolute atomic E-state index is 0.0839. The van der Waals surface area contributed by atoms with E-state index in [2.05, 4.69) is 0 Å². The van der Waals surface area contributed by atoms with Crippen molar-refractivity contribution in [3.63, 3.8) is 0 Å². The van der Waals surface area contributed by atoms with Crippen molar-refractivity contribution in [1.29, 1.82) is 0 Å². The van der Waals surface area contributed by atoms with Gasteiger partial charge in [0.05, 0.1) is 5.39 Å². The van der Waals surface area contributed by atoms with Gasteiger partial charge < -0.3 is 8.83 Å². The molecule has 0 amide bonds. The van der Waals surface area contributed by atoms with Gasteiger partial charge in [0.2, 0.25) is 0 Å². The first-order valence-corrected chi connectivity index (χ1v) is 4.74. The molecule has 0 bridgehead atoms. The Morgan fingerprint density at radius 3 is 2.59 bits per heavy atom. The summed E-state index contributed by atoms with van der Waals surface area (Å²) < 4.78 is 9.74. The largest absolute Gasteiger partial charge is 0.423 e. The number of fused-ring (bicyclic) bond motifs is 2. The molecule has 3 rings (SSSR count). The molecule has 1 N–H and O–H groups in total. The van der Waals surface area contributed by atoms with E-state index in [4.69, 9.17) is 8.83 Å². The Morgan fingerprint density at radius 1 is 0.941 bits per heavy atom. The van der Waals surface area contributed by atoms with Crippen molar-refractivity contribution in [2.24, 2.45) is 0 Å². The highest BCUT2D eigenvalue weighted by molar-refractivity contribution is 5.91. The van der Waals surface area contributed by atoms with Gasteiger partial charge in [0.25, 0.3) is 5.56 Å². The van der Waals surface area contributed by atoms with E-state index < -0.39 is 16.9 Å². The maximum atomic E-state index is 11.5. The second-order valence-electron chi connectivity index (χ2n) is 3.48. The lowest BCUT2D eigenvalue weighted by Crippen LogP contribution is -2.17. The van der Waals surface area contributed by atoms with Crippen LogP contribution in [-0.4, -0.2) is 4.98 Å². The van der Waals surface area contributed by atoms with Gasteiger partial charge in [-0.25, -0.2) is 9.59 Å². The summed E-state index contributed by atoms with van der Waals surface area (Å²) in [6.45, 7) is 0. The molecule has 0 atom stereocenters. The van der Waals surface area contributed by atoms with Gasteiger partial charge in [-0.05, 0) is 12.1 Å². The molecule has 0 unspecified atom stereocenters. The molecule has 84 valence electrons. The van der Waals surface area contributed by atoms with Crippen molar-refractivity contribution in [2.75, 3.05) is 0 Å². The minimum Gasteiger partial charge on any atom is -0.423 e. The first-order chi connectivity index (χ1) is 8.13. The van der Waals surface area contributed by atoms with Crippen molar-refractivity contribution in [3.05, 3.63) is 55.6 Å². The Hall–Kier alpha value is -2.63. The highest BCUT2D eigenvalue weighted by atomic mass is 16.4. The monoisotopic (exact) mass is 231 g/mol. The zero-order valence-electron chi connectivity index (χ0n) is 8.35. The van der Waals surface area contributed by atoms with Crippen LogP contribution in [0.5, 0.6) is 0 Å². The quantitative estimate of drug-likeness (QED) is 0.451. The molecule has 6 heteroatoms. The summed E-state index contributed by atoms with van der Waals surface area (Å²) in [7, 11) is 0. The lowest BCUT2D eigenvalue weighted by molar-refractivity contribution is 0.525. The number of hydrogen-bond acceptors (Lipinski definition) is 5. The number of rotatable bonds is 0. The number of nitrogens with one attached hydrogen (secondary N) is 1. The molecule has 17 heavy (non-hydrogen) atoms. The van der Waals surface area contributed by atoms with Gasteiger partial charge in [0, 0.05) is 17.5 Å². The van der Waals surface area contributed by atoms with Gasteiger partial charge >= 0.3 is 11.4 Å². The van der Waals surface area contributed by atoms with Crippen LogP contribution in [0.2, 0.25) is 0 Å². The van der Waals surface area contributed by atoms with Crippen LogP contribution in [0.25, 0.3) is 21.9 Å². The molecule has 0 radical (unpaired) electrons. The van der Waals surface area contributed by atoms with Crippen LogP contribution < -0.4 is 16.9 Å². The molecule has 3 aromatic rings. The maximum Gasteiger partial charge on any atom is 0.419 e. The molecule has 0 saturated heterocycles. The second-order valence-corrected chi connectivity index (χ2v) is 3.48. The molecule has 2 heterocycles. The third kappa shape index (κ3) is 1.46. The average Bonchev–Trinajstić information content (AvgIpc) is 2.26. The van der Waals surface area contributed by atoms with E-state index in [0.717, 1.165) is 0 Å².